The van der Waals surface area contributed by atoms with Gasteiger partial charge in [0.25, 0.3) is 0 Å². The zero-order chi connectivity index (χ0) is 20.4. The summed E-state index contributed by atoms with van der Waals surface area (Å²) in [6.07, 6.45) is 3.79. The number of hydrogen-bond donors (Lipinski definition) is 1. The van der Waals surface area contributed by atoms with Gasteiger partial charge in [0.1, 0.15) is 0 Å². The molecule has 0 aromatic heterocycles. The van der Waals surface area contributed by atoms with Gasteiger partial charge < -0.3 is 10.6 Å². The van der Waals surface area contributed by atoms with Crippen molar-refractivity contribution in [2.75, 3.05) is 24.5 Å². The number of urea groups is 1. The van der Waals surface area contributed by atoms with Gasteiger partial charge in [0.2, 0.25) is 0 Å². The van der Waals surface area contributed by atoms with Crippen molar-refractivity contribution in [2.45, 2.75) is 37.1 Å². The lowest BCUT2D eigenvalue weighted by molar-refractivity contribution is 0.156. The van der Waals surface area contributed by atoms with Gasteiger partial charge in [0.15, 0.2) is 0 Å². The number of hydrogen-bond acceptors (Lipinski definition) is 3. The molecule has 0 spiro atoms. The van der Waals surface area contributed by atoms with Crippen molar-refractivity contribution in [3.8, 4) is 6.07 Å². The van der Waals surface area contributed by atoms with E-state index >= 15 is 0 Å². The van der Waals surface area contributed by atoms with Crippen molar-refractivity contribution in [2.24, 2.45) is 5.73 Å². The highest BCUT2D eigenvalue weighted by Crippen LogP contribution is 2.41. The fourth-order valence-corrected chi connectivity index (χ4v) is 4.93. The number of nitrogens with zero attached hydrogens (tertiary/aromatic N) is 3. The van der Waals surface area contributed by atoms with Crippen molar-refractivity contribution >= 4 is 35.7 Å². The summed E-state index contributed by atoms with van der Waals surface area (Å²) >= 11 is 6.21. The van der Waals surface area contributed by atoms with Gasteiger partial charge in [-0.15, -0.1) is 12.4 Å². The second kappa shape index (κ2) is 9.26. The smallest absolute Gasteiger partial charge is 0.324 e. The third-order valence-corrected chi connectivity index (χ3v) is 6.77. The van der Waals surface area contributed by atoms with Crippen LogP contribution in [0.3, 0.4) is 0 Å². The van der Waals surface area contributed by atoms with Crippen molar-refractivity contribution in [3.63, 3.8) is 0 Å². The number of rotatable bonds is 4. The predicted octanol–water partition coefficient (Wildman–Crippen LogP) is 4.71. The standard InChI is InChI=1S/C23H25ClN4O.ClH/c24-19-3-1-2-18(14-19)23(16-26)10-8-21(9-11-23)28-13-12-27(22(28)29)20-6-4-17(15-25)5-7-20;/h1-7,14,21H,8-13,16,26H2;1H/t21-,23+;. The molecule has 158 valence electrons. The minimum atomic E-state index is -0.0585. The maximum Gasteiger partial charge on any atom is 0.324 e. The number of benzene rings is 2. The number of anilines is 1. The summed E-state index contributed by atoms with van der Waals surface area (Å²) < 4.78 is 0. The Bertz CT molecular complexity index is 933. The number of carbonyl (C=O) groups is 1. The van der Waals surface area contributed by atoms with Gasteiger partial charge in [-0.3, -0.25) is 4.90 Å². The average Bonchev–Trinajstić information content (AvgIpc) is 3.15. The van der Waals surface area contributed by atoms with E-state index in [1.807, 2.05) is 40.1 Å². The molecular weight excluding hydrogens is 419 g/mol. The highest BCUT2D eigenvalue weighted by atomic mass is 35.5. The van der Waals surface area contributed by atoms with Gasteiger partial charge in [-0.2, -0.15) is 5.26 Å². The fraction of sp³-hybridized carbons (Fsp3) is 0.391. The van der Waals surface area contributed by atoms with Crippen molar-refractivity contribution in [3.05, 3.63) is 64.7 Å². The zero-order valence-electron chi connectivity index (χ0n) is 16.8. The van der Waals surface area contributed by atoms with Crippen LogP contribution >= 0.6 is 24.0 Å². The van der Waals surface area contributed by atoms with E-state index in [1.165, 1.54) is 5.56 Å². The van der Waals surface area contributed by atoms with Crippen LogP contribution in [0.1, 0.15) is 36.8 Å². The van der Waals surface area contributed by atoms with Gasteiger partial charge in [0, 0.05) is 41.8 Å². The molecule has 2 aromatic rings. The highest BCUT2D eigenvalue weighted by Gasteiger charge is 2.41. The van der Waals surface area contributed by atoms with Gasteiger partial charge in [-0.1, -0.05) is 23.7 Å². The Balaban J connectivity index is 0.00000256. The molecule has 2 amide bonds. The lowest BCUT2D eigenvalue weighted by atomic mass is 9.68. The molecule has 7 heteroatoms. The molecule has 0 radical (unpaired) electrons. The molecule has 5 nitrogen and oxygen atoms in total. The van der Waals surface area contributed by atoms with E-state index in [2.05, 4.69) is 12.1 Å². The van der Waals surface area contributed by atoms with E-state index in [0.29, 0.717) is 18.7 Å². The van der Waals surface area contributed by atoms with Crippen LogP contribution in [0.25, 0.3) is 0 Å². The quantitative estimate of drug-likeness (QED) is 0.741. The van der Waals surface area contributed by atoms with Crippen molar-refractivity contribution in [1.29, 1.82) is 5.26 Å². The Hall–Kier alpha value is -2.26. The molecule has 0 atom stereocenters. The minimum Gasteiger partial charge on any atom is -0.330 e. The predicted molar refractivity (Wildman–Crippen MR) is 122 cm³/mol. The van der Waals surface area contributed by atoms with E-state index < -0.39 is 0 Å². The summed E-state index contributed by atoms with van der Waals surface area (Å²) in [6.45, 7) is 2.00. The van der Waals surface area contributed by atoms with Crippen molar-refractivity contribution in [1.82, 2.24) is 4.90 Å². The SMILES string of the molecule is Cl.N#Cc1ccc(N2CCN([C@H]3CC[C@@](CN)(c4cccc(Cl)c4)CC3)C2=O)cc1. The number of halogens is 2. The molecule has 2 N–H and O–H groups in total. The van der Waals surface area contributed by atoms with Gasteiger partial charge in [0.05, 0.1) is 11.6 Å². The van der Waals surface area contributed by atoms with Crippen molar-refractivity contribution < 1.29 is 4.79 Å². The first-order valence-electron chi connectivity index (χ1n) is 10.1. The summed E-state index contributed by atoms with van der Waals surface area (Å²) in [5.74, 6) is 0. The summed E-state index contributed by atoms with van der Waals surface area (Å²) in [5, 5.41) is 9.70. The van der Waals surface area contributed by atoms with E-state index in [9.17, 15) is 4.79 Å². The monoisotopic (exact) mass is 444 g/mol. The molecule has 1 heterocycles. The molecule has 0 bridgehead atoms. The first-order chi connectivity index (χ1) is 14.1. The maximum absolute atomic E-state index is 13.0. The summed E-state index contributed by atoms with van der Waals surface area (Å²) in [4.78, 5) is 16.9. The minimum absolute atomic E-state index is 0. The number of amides is 2. The summed E-state index contributed by atoms with van der Waals surface area (Å²) in [5.41, 5.74) is 8.81. The molecule has 1 aliphatic heterocycles. The molecule has 1 saturated carbocycles. The van der Waals surface area contributed by atoms with Crippen LogP contribution in [0.15, 0.2) is 48.5 Å². The van der Waals surface area contributed by atoms with Crippen LogP contribution in [-0.2, 0) is 5.41 Å². The Morgan fingerprint density at radius 3 is 2.43 bits per heavy atom. The summed E-state index contributed by atoms with van der Waals surface area (Å²) in [7, 11) is 0. The van der Waals surface area contributed by atoms with Crippen LogP contribution in [0.5, 0.6) is 0 Å². The molecular formula is C23H26Cl2N4O. The Labute approximate surface area is 188 Å². The number of carbonyl (C=O) groups excluding carboxylic acids is 1. The molecule has 1 aliphatic carbocycles. The highest BCUT2D eigenvalue weighted by molar-refractivity contribution is 6.30. The lowest BCUT2D eigenvalue weighted by Crippen LogP contribution is -2.46. The van der Waals surface area contributed by atoms with Gasteiger partial charge >= 0.3 is 6.03 Å². The first-order valence-corrected chi connectivity index (χ1v) is 10.5. The van der Waals surface area contributed by atoms with Crippen LogP contribution in [0.4, 0.5) is 10.5 Å². The van der Waals surface area contributed by atoms with Crippen LogP contribution in [0.2, 0.25) is 5.02 Å². The topological polar surface area (TPSA) is 73.4 Å². The van der Waals surface area contributed by atoms with Gasteiger partial charge in [-0.05, 0) is 67.6 Å². The number of nitrogens with two attached hydrogens (primary N) is 1. The summed E-state index contributed by atoms with van der Waals surface area (Å²) in [6, 6.07) is 17.6. The second-order valence-electron chi connectivity index (χ2n) is 8.01. The Kier molecular flexibility index (Phi) is 6.92. The molecule has 0 unspecified atom stereocenters. The molecule has 2 aromatic carbocycles. The third-order valence-electron chi connectivity index (χ3n) is 6.53. The largest absolute Gasteiger partial charge is 0.330 e. The number of nitriles is 1. The van der Waals surface area contributed by atoms with Crippen LogP contribution < -0.4 is 10.6 Å². The second-order valence-corrected chi connectivity index (χ2v) is 8.45. The fourth-order valence-electron chi connectivity index (χ4n) is 4.74. The zero-order valence-corrected chi connectivity index (χ0v) is 18.3. The maximum atomic E-state index is 13.0. The van der Waals surface area contributed by atoms with Crippen LogP contribution in [0, 0.1) is 11.3 Å². The molecule has 30 heavy (non-hydrogen) atoms. The first kappa shape index (κ1) is 22.4. The molecule has 2 aliphatic rings. The molecule has 1 saturated heterocycles. The van der Waals surface area contributed by atoms with E-state index in [-0.39, 0.29) is 29.9 Å². The van der Waals surface area contributed by atoms with E-state index in [4.69, 9.17) is 22.6 Å². The van der Waals surface area contributed by atoms with Gasteiger partial charge in [-0.25, -0.2) is 4.79 Å². The normalized spacial score (nSPS) is 23.8. The van der Waals surface area contributed by atoms with E-state index in [0.717, 1.165) is 42.9 Å². The third kappa shape index (κ3) is 4.13. The Morgan fingerprint density at radius 2 is 1.83 bits per heavy atom. The average molecular weight is 445 g/mol. The Morgan fingerprint density at radius 1 is 1.13 bits per heavy atom. The lowest BCUT2D eigenvalue weighted by Gasteiger charge is -2.42. The van der Waals surface area contributed by atoms with E-state index in [1.54, 1.807) is 12.1 Å². The molecule has 2 fully saturated rings. The van der Waals surface area contributed by atoms with Crippen LogP contribution in [-0.4, -0.2) is 36.6 Å². The molecule has 4 rings (SSSR count).